The van der Waals surface area contributed by atoms with Crippen LogP contribution in [0.15, 0.2) is 69.3 Å². The first-order chi connectivity index (χ1) is 15.0. The first-order valence-corrected chi connectivity index (χ1v) is 9.74. The summed E-state index contributed by atoms with van der Waals surface area (Å²) in [5, 5.41) is 13.6. The van der Waals surface area contributed by atoms with Crippen molar-refractivity contribution < 1.29 is 5.11 Å². The number of aryl methyl sites for hydroxylation is 3. The van der Waals surface area contributed by atoms with Crippen LogP contribution in [0.4, 0.5) is 5.95 Å². The lowest BCUT2D eigenvalue weighted by molar-refractivity contribution is 0.475. The van der Waals surface area contributed by atoms with E-state index in [-0.39, 0.29) is 5.75 Å². The summed E-state index contributed by atoms with van der Waals surface area (Å²) in [6, 6.07) is 16.5. The first-order valence-electron chi connectivity index (χ1n) is 9.74. The Bertz CT molecular complexity index is 1370. The standard InChI is InChI=1S/C22H22N6O3/c1-26-19-18(20(30)27(2)22(26)31)28(13-12-15-6-4-3-5-7-15)21(24-19)25-23-14-16-8-10-17(29)11-9-16/h3-11,14,29H,12-13H2,1-2H3,(H,24,25)/b23-14-. The highest BCUT2D eigenvalue weighted by Gasteiger charge is 2.18. The Balaban J connectivity index is 1.74. The number of fused-ring (bicyclic) bond motifs is 1. The lowest BCUT2D eigenvalue weighted by Gasteiger charge is -2.09. The summed E-state index contributed by atoms with van der Waals surface area (Å²) >= 11 is 0. The molecule has 9 nitrogen and oxygen atoms in total. The van der Waals surface area contributed by atoms with Gasteiger partial charge in [-0.25, -0.2) is 10.2 Å². The maximum Gasteiger partial charge on any atom is 0.332 e. The highest BCUT2D eigenvalue weighted by atomic mass is 16.3. The number of benzene rings is 2. The smallest absolute Gasteiger partial charge is 0.332 e. The maximum atomic E-state index is 12.9. The molecule has 2 N–H and O–H groups in total. The van der Waals surface area contributed by atoms with Gasteiger partial charge < -0.3 is 9.67 Å². The number of hydrogen-bond donors (Lipinski definition) is 2. The highest BCUT2D eigenvalue weighted by molar-refractivity contribution is 5.80. The van der Waals surface area contributed by atoms with Crippen LogP contribution >= 0.6 is 0 Å². The molecule has 0 unspecified atom stereocenters. The van der Waals surface area contributed by atoms with Gasteiger partial charge in [-0.3, -0.25) is 13.9 Å². The van der Waals surface area contributed by atoms with Crippen molar-refractivity contribution in [3.8, 4) is 5.75 Å². The quantitative estimate of drug-likeness (QED) is 0.367. The molecule has 0 saturated heterocycles. The van der Waals surface area contributed by atoms with E-state index < -0.39 is 11.2 Å². The summed E-state index contributed by atoms with van der Waals surface area (Å²) < 4.78 is 4.18. The Morgan fingerprint density at radius 2 is 1.74 bits per heavy atom. The van der Waals surface area contributed by atoms with Gasteiger partial charge in [-0.1, -0.05) is 30.3 Å². The molecule has 2 aromatic carbocycles. The third kappa shape index (κ3) is 3.97. The summed E-state index contributed by atoms with van der Waals surface area (Å²) in [5.41, 5.74) is 4.57. The largest absolute Gasteiger partial charge is 0.508 e. The van der Waals surface area contributed by atoms with Gasteiger partial charge in [0.15, 0.2) is 11.2 Å². The van der Waals surface area contributed by atoms with Crippen molar-refractivity contribution >= 4 is 23.3 Å². The van der Waals surface area contributed by atoms with Gasteiger partial charge in [0, 0.05) is 20.6 Å². The van der Waals surface area contributed by atoms with Crippen LogP contribution in [0.3, 0.4) is 0 Å². The van der Waals surface area contributed by atoms with Crippen LogP contribution in [-0.2, 0) is 27.1 Å². The Labute approximate surface area is 177 Å². The molecule has 0 atom stereocenters. The topological polar surface area (TPSA) is 106 Å². The maximum absolute atomic E-state index is 12.9. The van der Waals surface area contributed by atoms with Crippen LogP contribution in [0.2, 0.25) is 0 Å². The van der Waals surface area contributed by atoms with E-state index >= 15 is 0 Å². The first kappa shape index (κ1) is 20.1. The summed E-state index contributed by atoms with van der Waals surface area (Å²) in [6.45, 7) is 0.477. The molecule has 0 amide bonds. The van der Waals surface area contributed by atoms with E-state index in [2.05, 4.69) is 15.5 Å². The van der Waals surface area contributed by atoms with Crippen LogP contribution in [-0.4, -0.2) is 30.0 Å². The number of nitrogens with zero attached hydrogens (tertiary/aromatic N) is 5. The van der Waals surface area contributed by atoms with Crippen LogP contribution in [0.25, 0.3) is 11.2 Å². The van der Waals surface area contributed by atoms with E-state index in [1.165, 1.54) is 11.6 Å². The average Bonchev–Trinajstić information content (AvgIpc) is 3.15. The van der Waals surface area contributed by atoms with Crippen molar-refractivity contribution in [3.63, 3.8) is 0 Å². The molecule has 4 aromatic rings. The molecule has 0 radical (unpaired) electrons. The highest BCUT2D eigenvalue weighted by Crippen LogP contribution is 2.17. The van der Waals surface area contributed by atoms with E-state index in [1.54, 1.807) is 42.1 Å². The Morgan fingerprint density at radius 1 is 1.03 bits per heavy atom. The zero-order valence-corrected chi connectivity index (χ0v) is 17.2. The molecule has 158 valence electrons. The molecular formula is C22H22N6O3. The second kappa shape index (κ2) is 8.31. The molecule has 31 heavy (non-hydrogen) atoms. The van der Waals surface area contributed by atoms with Gasteiger partial charge in [-0.15, -0.1) is 0 Å². The molecule has 2 heterocycles. The number of hydrogen-bond acceptors (Lipinski definition) is 6. The minimum Gasteiger partial charge on any atom is -0.508 e. The summed E-state index contributed by atoms with van der Waals surface area (Å²) in [6.07, 6.45) is 2.26. The zero-order valence-electron chi connectivity index (χ0n) is 17.2. The van der Waals surface area contributed by atoms with Crippen molar-refractivity contribution in [3.05, 3.63) is 86.6 Å². The Morgan fingerprint density at radius 3 is 2.45 bits per heavy atom. The number of phenols is 1. The van der Waals surface area contributed by atoms with E-state index in [4.69, 9.17) is 0 Å². The van der Waals surface area contributed by atoms with Gasteiger partial charge >= 0.3 is 5.69 Å². The molecule has 0 aliphatic carbocycles. The number of anilines is 1. The van der Waals surface area contributed by atoms with E-state index in [0.29, 0.717) is 30.1 Å². The molecule has 0 aliphatic heterocycles. The van der Waals surface area contributed by atoms with Gasteiger partial charge in [0.1, 0.15) is 5.75 Å². The SMILES string of the molecule is Cn1c(=O)c2c(nc(N/N=C\c3ccc(O)cc3)n2CCc2ccccc2)n(C)c1=O. The number of imidazole rings is 1. The monoisotopic (exact) mass is 418 g/mol. The van der Waals surface area contributed by atoms with Crippen LogP contribution < -0.4 is 16.7 Å². The minimum absolute atomic E-state index is 0.171. The van der Waals surface area contributed by atoms with Crippen LogP contribution in [0.1, 0.15) is 11.1 Å². The van der Waals surface area contributed by atoms with Gasteiger partial charge in [0.2, 0.25) is 5.95 Å². The zero-order chi connectivity index (χ0) is 22.0. The predicted octanol–water partition coefficient (Wildman–Crippen LogP) is 1.83. The second-order valence-corrected chi connectivity index (χ2v) is 7.16. The normalized spacial score (nSPS) is 11.4. The summed E-state index contributed by atoms with van der Waals surface area (Å²) in [5.74, 6) is 0.531. The molecule has 4 rings (SSSR count). The van der Waals surface area contributed by atoms with Crippen molar-refractivity contribution in [1.82, 2.24) is 18.7 Å². The molecule has 0 spiro atoms. The van der Waals surface area contributed by atoms with E-state index in [0.717, 1.165) is 15.7 Å². The van der Waals surface area contributed by atoms with Crippen LogP contribution in [0.5, 0.6) is 5.75 Å². The number of rotatable bonds is 6. The van der Waals surface area contributed by atoms with E-state index in [1.807, 2.05) is 30.3 Å². The van der Waals surface area contributed by atoms with Gasteiger partial charge in [0.25, 0.3) is 5.56 Å². The van der Waals surface area contributed by atoms with E-state index in [9.17, 15) is 14.7 Å². The molecule has 0 bridgehead atoms. The molecule has 0 saturated carbocycles. The number of aromatic nitrogens is 4. The summed E-state index contributed by atoms with van der Waals surface area (Å²) in [7, 11) is 3.04. The van der Waals surface area contributed by atoms with Crippen molar-refractivity contribution in [2.45, 2.75) is 13.0 Å². The van der Waals surface area contributed by atoms with Gasteiger partial charge in [0.05, 0.1) is 6.21 Å². The second-order valence-electron chi connectivity index (χ2n) is 7.16. The van der Waals surface area contributed by atoms with Gasteiger partial charge in [-0.2, -0.15) is 10.1 Å². The average molecular weight is 418 g/mol. The molecule has 9 heteroatoms. The Hall–Kier alpha value is -4.14. The van der Waals surface area contributed by atoms with Gasteiger partial charge in [-0.05, 0) is 41.8 Å². The van der Waals surface area contributed by atoms with Crippen molar-refractivity contribution in [1.29, 1.82) is 0 Å². The van der Waals surface area contributed by atoms with Crippen LogP contribution in [0, 0.1) is 0 Å². The Kier molecular flexibility index (Phi) is 5.40. The minimum atomic E-state index is -0.440. The number of hydrazone groups is 1. The predicted molar refractivity (Wildman–Crippen MR) is 120 cm³/mol. The van der Waals surface area contributed by atoms with Crippen molar-refractivity contribution in [2.75, 3.05) is 5.43 Å². The molecule has 0 aliphatic rings. The number of phenolic OH excluding ortho intramolecular Hbond substituents is 1. The molecule has 2 aromatic heterocycles. The fourth-order valence-corrected chi connectivity index (χ4v) is 3.36. The third-order valence-electron chi connectivity index (χ3n) is 5.09. The summed E-state index contributed by atoms with van der Waals surface area (Å²) in [4.78, 5) is 29.7. The van der Waals surface area contributed by atoms with Crippen molar-refractivity contribution in [2.24, 2.45) is 19.2 Å². The molecular weight excluding hydrogens is 396 g/mol. The molecule has 0 fully saturated rings. The third-order valence-corrected chi connectivity index (χ3v) is 5.09. The lowest BCUT2D eigenvalue weighted by atomic mass is 10.1. The lowest BCUT2D eigenvalue weighted by Crippen LogP contribution is -2.37. The fourth-order valence-electron chi connectivity index (χ4n) is 3.36. The number of nitrogens with one attached hydrogen (secondary N) is 1. The fraction of sp³-hybridized carbons (Fsp3) is 0.182. The number of aromatic hydroxyl groups is 1.